The lowest BCUT2D eigenvalue weighted by molar-refractivity contribution is 0.559. The van der Waals surface area contributed by atoms with Gasteiger partial charge in [0.1, 0.15) is 0 Å². The van der Waals surface area contributed by atoms with E-state index in [1.54, 1.807) is 0 Å². The van der Waals surface area contributed by atoms with Crippen LogP contribution in [0, 0.1) is 0 Å². The van der Waals surface area contributed by atoms with Gasteiger partial charge in [-0.25, -0.2) is 33.7 Å². The molecule has 228 valence electrons. The van der Waals surface area contributed by atoms with Gasteiger partial charge < -0.3 is 0 Å². The highest BCUT2D eigenvalue weighted by molar-refractivity contribution is 9.11. The maximum absolute atomic E-state index is 14.1. The van der Waals surface area contributed by atoms with E-state index >= 15 is 0 Å². The summed E-state index contributed by atoms with van der Waals surface area (Å²) < 4.78 is 110. The van der Waals surface area contributed by atoms with Crippen LogP contribution in [0.4, 0.5) is 0 Å². The van der Waals surface area contributed by atoms with E-state index in [1.165, 1.54) is 48.5 Å². The SMILES string of the molecule is O=S(=O)(c1ccc(Br)cc1)C(CC(S(=O)(=O)c1ccc(Br)cc1)S(=O)(=O)c1ccc(Br)cc1)S(=O)(=O)c1ccc(Br)cc1. The summed E-state index contributed by atoms with van der Waals surface area (Å²) in [5.41, 5.74) is 0. The summed E-state index contributed by atoms with van der Waals surface area (Å²) >= 11 is 12.8. The normalized spacial score (nSPS) is 13.0. The molecule has 0 aliphatic heterocycles. The van der Waals surface area contributed by atoms with E-state index in [1.807, 2.05) is 0 Å². The molecule has 0 aromatic heterocycles. The number of halogens is 4. The summed E-state index contributed by atoms with van der Waals surface area (Å²) in [5.74, 6) is 0. The summed E-state index contributed by atoms with van der Waals surface area (Å²) in [4.78, 5) is -1.71. The van der Waals surface area contributed by atoms with E-state index in [9.17, 15) is 33.7 Å². The minimum Gasteiger partial charge on any atom is -0.222 e. The summed E-state index contributed by atoms with van der Waals surface area (Å²) in [6.07, 6.45) is -1.31. The lowest BCUT2D eigenvalue weighted by Gasteiger charge is -2.24. The zero-order valence-electron chi connectivity index (χ0n) is 21.5. The van der Waals surface area contributed by atoms with Gasteiger partial charge in [-0.05, 0) is 97.1 Å². The maximum atomic E-state index is 14.1. The Hall–Kier alpha value is -1.40. The van der Waals surface area contributed by atoms with Gasteiger partial charge in [-0.1, -0.05) is 63.7 Å². The van der Waals surface area contributed by atoms with Gasteiger partial charge in [0, 0.05) is 24.3 Å². The molecule has 4 aromatic rings. The number of rotatable bonds is 10. The molecule has 0 heterocycles. The summed E-state index contributed by atoms with van der Waals surface area (Å²) in [6, 6.07) is 20.3. The molecule has 8 nitrogen and oxygen atoms in total. The molecule has 0 unspecified atom stereocenters. The van der Waals surface area contributed by atoms with Crippen LogP contribution < -0.4 is 0 Å². The Morgan fingerprint density at radius 1 is 0.349 bits per heavy atom. The molecule has 0 fully saturated rings. The molecule has 0 saturated carbocycles. The van der Waals surface area contributed by atoms with Crippen molar-refractivity contribution in [3.05, 3.63) is 115 Å². The van der Waals surface area contributed by atoms with Gasteiger partial charge in [0.2, 0.25) is 0 Å². The maximum Gasteiger partial charge on any atom is 0.196 e. The fraction of sp³-hybridized carbons (Fsp3) is 0.111. The smallest absolute Gasteiger partial charge is 0.196 e. The summed E-state index contributed by atoms with van der Waals surface area (Å²) in [6.45, 7) is 0. The fourth-order valence-corrected chi connectivity index (χ4v) is 14.7. The first-order chi connectivity index (χ1) is 20.0. The van der Waals surface area contributed by atoms with Crippen molar-refractivity contribution >= 4 is 103 Å². The molecule has 16 heteroatoms. The van der Waals surface area contributed by atoms with Crippen LogP contribution in [0.1, 0.15) is 6.42 Å². The van der Waals surface area contributed by atoms with Crippen LogP contribution in [-0.4, -0.2) is 42.8 Å². The Morgan fingerprint density at radius 3 is 0.674 bits per heavy atom. The molecule has 0 atom stereocenters. The van der Waals surface area contributed by atoms with Crippen LogP contribution in [0.3, 0.4) is 0 Å². The highest BCUT2D eigenvalue weighted by Gasteiger charge is 2.49. The van der Waals surface area contributed by atoms with Crippen LogP contribution in [0.25, 0.3) is 0 Å². The molecule has 0 aliphatic carbocycles. The highest BCUT2D eigenvalue weighted by Crippen LogP contribution is 2.37. The van der Waals surface area contributed by atoms with E-state index < -0.39 is 74.5 Å². The number of hydrogen-bond acceptors (Lipinski definition) is 8. The molecule has 4 rings (SSSR count). The fourth-order valence-electron chi connectivity index (χ4n) is 4.10. The molecule has 0 aliphatic rings. The average Bonchev–Trinajstić information content (AvgIpc) is 2.93. The van der Waals surface area contributed by atoms with Gasteiger partial charge in [0.15, 0.2) is 48.5 Å². The predicted molar refractivity (Wildman–Crippen MR) is 178 cm³/mol. The van der Waals surface area contributed by atoms with Crippen LogP contribution in [0.15, 0.2) is 135 Å². The molecule has 0 N–H and O–H groups in total. The molecular weight excluding hydrogens is 900 g/mol. The third-order valence-corrected chi connectivity index (χ3v) is 18.7. The standard InChI is InChI=1S/C27H20Br4O8S4/c28-18-1-9-22(10-2-18)40(32,33)26(41(34,35)23-11-3-19(29)4-12-23)17-27(42(36,37)24-13-5-20(30)6-14-24)43(38,39)25-15-7-21(31)8-16-25/h1-16,26-27H,17H2. The van der Waals surface area contributed by atoms with E-state index in [2.05, 4.69) is 63.7 Å². The second-order valence-electron chi connectivity index (χ2n) is 9.09. The van der Waals surface area contributed by atoms with E-state index in [-0.39, 0.29) is 0 Å². The third-order valence-electron chi connectivity index (χ3n) is 6.34. The topological polar surface area (TPSA) is 137 Å². The molecular formula is C27H20Br4O8S4. The lowest BCUT2D eigenvalue weighted by atomic mass is 10.4. The van der Waals surface area contributed by atoms with Crippen molar-refractivity contribution in [2.24, 2.45) is 0 Å². The van der Waals surface area contributed by atoms with Crippen molar-refractivity contribution in [1.82, 2.24) is 0 Å². The second-order valence-corrected chi connectivity index (χ2v) is 21.9. The first-order valence-electron chi connectivity index (χ1n) is 12.0. The predicted octanol–water partition coefficient (Wildman–Crippen LogP) is 6.97. The van der Waals surface area contributed by atoms with E-state index in [4.69, 9.17) is 0 Å². The minimum atomic E-state index is -4.89. The summed E-state index contributed by atoms with van der Waals surface area (Å²) in [5, 5.41) is 0. The van der Waals surface area contributed by atoms with Crippen molar-refractivity contribution in [2.75, 3.05) is 0 Å². The Bertz CT molecular complexity index is 1760. The van der Waals surface area contributed by atoms with Crippen LogP contribution in [0.5, 0.6) is 0 Å². The second kappa shape index (κ2) is 13.1. The van der Waals surface area contributed by atoms with Gasteiger partial charge in [-0.3, -0.25) is 0 Å². The first kappa shape index (κ1) is 34.5. The molecule has 0 amide bonds. The van der Waals surface area contributed by atoms with Crippen molar-refractivity contribution in [2.45, 2.75) is 35.2 Å². The Balaban J connectivity index is 2.01. The Labute approximate surface area is 284 Å². The van der Waals surface area contributed by atoms with E-state index in [0.717, 1.165) is 48.5 Å². The molecule has 0 bridgehead atoms. The molecule has 0 saturated heterocycles. The van der Waals surface area contributed by atoms with Gasteiger partial charge in [0.25, 0.3) is 0 Å². The molecule has 4 aromatic carbocycles. The van der Waals surface area contributed by atoms with Gasteiger partial charge in [-0.2, -0.15) is 0 Å². The summed E-state index contributed by atoms with van der Waals surface area (Å²) in [7, 11) is -19.6. The van der Waals surface area contributed by atoms with E-state index in [0.29, 0.717) is 17.9 Å². The first-order valence-corrected chi connectivity index (χ1v) is 21.3. The monoisotopic (exact) mass is 916 g/mol. The quantitative estimate of drug-likeness (QED) is 0.167. The van der Waals surface area contributed by atoms with Crippen LogP contribution in [-0.2, 0) is 39.3 Å². The Kier molecular flexibility index (Phi) is 10.5. The van der Waals surface area contributed by atoms with Gasteiger partial charge in [0.05, 0.1) is 19.6 Å². The van der Waals surface area contributed by atoms with Crippen molar-refractivity contribution in [3.63, 3.8) is 0 Å². The van der Waals surface area contributed by atoms with Crippen molar-refractivity contribution < 1.29 is 33.7 Å². The third kappa shape index (κ3) is 7.37. The van der Waals surface area contributed by atoms with Gasteiger partial charge in [-0.15, -0.1) is 0 Å². The van der Waals surface area contributed by atoms with Crippen molar-refractivity contribution in [3.8, 4) is 0 Å². The zero-order chi connectivity index (χ0) is 31.8. The minimum absolute atomic E-state index is 0.429. The molecule has 0 spiro atoms. The number of benzene rings is 4. The number of hydrogen-bond donors (Lipinski definition) is 0. The largest absolute Gasteiger partial charge is 0.222 e. The lowest BCUT2D eigenvalue weighted by Crippen LogP contribution is -2.40. The van der Waals surface area contributed by atoms with Gasteiger partial charge >= 0.3 is 0 Å². The van der Waals surface area contributed by atoms with Crippen molar-refractivity contribution in [1.29, 1.82) is 0 Å². The average molecular weight is 920 g/mol. The van der Waals surface area contributed by atoms with Crippen LogP contribution in [0.2, 0.25) is 0 Å². The zero-order valence-corrected chi connectivity index (χ0v) is 31.1. The highest BCUT2D eigenvalue weighted by atomic mass is 79.9. The van der Waals surface area contributed by atoms with Crippen LogP contribution >= 0.6 is 63.7 Å². The molecule has 43 heavy (non-hydrogen) atoms. The number of sulfone groups is 4. The molecule has 0 radical (unpaired) electrons. The Morgan fingerprint density at radius 2 is 0.512 bits per heavy atom.